The van der Waals surface area contributed by atoms with Crippen LogP contribution < -0.4 is 10.1 Å². The SMILES string of the molecule is CN1CCCC(Oc2ncc3ncnc(Nc4ccc(F)c(Cl)c4)c3n2)C1. The van der Waals surface area contributed by atoms with E-state index in [1.165, 1.54) is 18.5 Å². The molecule has 140 valence electrons. The Morgan fingerprint density at radius 1 is 1.30 bits per heavy atom. The summed E-state index contributed by atoms with van der Waals surface area (Å²) >= 11 is 5.85. The van der Waals surface area contributed by atoms with E-state index in [-0.39, 0.29) is 17.1 Å². The van der Waals surface area contributed by atoms with Crippen LogP contribution in [0.1, 0.15) is 12.8 Å². The van der Waals surface area contributed by atoms with Gasteiger partial charge in [0.05, 0.1) is 11.2 Å². The monoisotopic (exact) mass is 388 g/mol. The molecule has 4 rings (SSSR count). The largest absolute Gasteiger partial charge is 0.459 e. The Balaban J connectivity index is 1.61. The molecule has 0 aliphatic carbocycles. The summed E-state index contributed by atoms with van der Waals surface area (Å²) in [6, 6.07) is 4.64. The minimum absolute atomic E-state index is 0.0263. The summed E-state index contributed by atoms with van der Waals surface area (Å²) in [5.74, 6) is -0.0130. The van der Waals surface area contributed by atoms with Gasteiger partial charge < -0.3 is 15.0 Å². The van der Waals surface area contributed by atoms with E-state index in [1.807, 2.05) is 0 Å². The molecule has 0 saturated carbocycles. The Bertz CT molecular complexity index is 972. The quantitative estimate of drug-likeness (QED) is 0.733. The molecule has 27 heavy (non-hydrogen) atoms. The maximum absolute atomic E-state index is 13.4. The molecule has 1 aliphatic heterocycles. The third-order valence-corrected chi connectivity index (χ3v) is 4.68. The lowest BCUT2D eigenvalue weighted by Gasteiger charge is -2.29. The van der Waals surface area contributed by atoms with E-state index in [4.69, 9.17) is 16.3 Å². The van der Waals surface area contributed by atoms with Gasteiger partial charge in [-0.3, -0.25) is 0 Å². The molecule has 3 heterocycles. The molecule has 0 amide bonds. The van der Waals surface area contributed by atoms with Crippen LogP contribution in [0.15, 0.2) is 30.7 Å². The third kappa shape index (κ3) is 4.06. The van der Waals surface area contributed by atoms with Gasteiger partial charge in [0.2, 0.25) is 0 Å². The molecule has 1 aliphatic rings. The van der Waals surface area contributed by atoms with Crippen molar-refractivity contribution >= 4 is 34.1 Å². The smallest absolute Gasteiger partial charge is 0.317 e. The molecule has 2 aromatic heterocycles. The van der Waals surface area contributed by atoms with Gasteiger partial charge in [-0.2, -0.15) is 4.98 Å². The minimum Gasteiger partial charge on any atom is -0.459 e. The van der Waals surface area contributed by atoms with Crippen molar-refractivity contribution in [1.29, 1.82) is 0 Å². The topological polar surface area (TPSA) is 76.1 Å². The van der Waals surface area contributed by atoms with Crippen molar-refractivity contribution in [3.8, 4) is 6.01 Å². The van der Waals surface area contributed by atoms with E-state index in [1.54, 1.807) is 12.3 Å². The number of hydrogen-bond acceptors (Lipinski definition) is 7. The fourth-order valence-corrected chi connectivity index (χ4v) is 3.24. The van der Waals surface area contributed by atoms with E-state index in [0.29, 0.717) is 22.5 Å². The number of ether oxygens (including phenoxy) is 1. The van der Waals surface area contributed by atoms with Crippen molar-refractivity contribution in [2.75, 3.05) is 25.5 Å². The molecule has 1 saturated heterocycles. The second-order valence-corrected chi connectivity index (χ2v) is 6.91. The minimum atomic E-state index is -0.481. The van der Waals surface area contributed by atoms with E-state index in [2.05, 4.69) is 37.2 Å². The number of likely N-dealkylation sites (tertiary alicyclic amines) is 1. The molecule has 3 aromatic rings. The standard InChI is InChI=1S/C18H18ClFN6O/c1-26-6-2-3-12(9-26)27-18-21-8-15-16(25-18)17(23-10-22-15)24-11-4-5-14(20)13(19)7-11/h4-5,7-8,10,12H,2-3,6,9H2,1H3,(H,22,23,24). The van der Waals surface area contributed by atoms with Gasteiger partial charge in [0.15, 0.2) is 5.82 Å². The van der Waals surface area contributed by atoms with Crippen LogP contribution in [0.4, 0.5) is 15.9 Å². The highest BCUT2D eigenvalue weighted by atomic mass is 35.5. The van der Waals surface area contributed by atoms with Crippen LogP contribution in [-0.4, -0.2) is 51.1 Å². The van der Waals surface area contributed by atoms with Gasteiger partial charge in [0.25, 0.3) is 0 Å². The third-order valence-electron chi connectivity index (χ3n) is 4.39. The van der Waals surface area contributed by atoms with Gasteiger partial charge in [-0.15, -0.1) is 0 Å². The number of halogens is 2. The molecule has 0 bridgehead atoms. The Kier molecular flexibility index (Phi) is 5.00. The molecule has 1 atom stereocenters. The van der Waals surface area contributed by atoms with Crippen molar-refractivity contribution in [2.24, 2.45) is 0 Å². The number of hydrogen-bond donors (Lipinski definition) is 1. The summed E-state index contributed by atoms with van der Waals surface area (Å²) in [6.07, 6.45) is 5.12. The highest BCUT2D eigenvalue weighted by molar-refractivity contribution is 6.31. The molecule has 1 N–H and O–H groups in total. The number of rotatable bonds is 4. The lowest BCUT2D eigenvalue weighted by molar-refractivity contribution is 0.0958. The normalized spacial score (nSPS) is 17.8. The van der Waals surface area contributed by atoms with Crippen molar-refractivity contribution < 1.29 is 9.13 Å². The van der Waals surface area contributed by atoms with Gasteiger partial charge in [-0.1, -0.05) is 11.6 Å². The predicted octanol–water partition coefficient (Wildman–Crippen LogP) is 3.43. The molecule has 1 unspecified atom stereocenters. The van der Waals surface area contributed by atoms with Crippen molar-refractivity contribution in [3.05, 3.63) is 41.6 Å². The first-order valence-electron chi connectivity index (χ1n) is 8.63. The second kappa shape index (κ2) is 7.58. The predicted molar refractivity (Wildman–Crippen MR) is 101 cm³/mol. The highest BCUT2D eigenvalue weighted by Gasteiger charge is 2.20. The summed E-state index contributed by atoms with van der Waals surface area (Å²) in [7, 11) is 2.07. The zero-order chi connectivity index (χ0) is 18.8. The van der Waals surface area contributed by atoms with Crippen LogP contribution in [0, 0.1) is 5.82 Å². The van der Waals surface area contributed by atoms with Crippen LogP contribution in [0.2, 0.25) is 5.02 Å². The number of nitrogens with one attached hydrogen (secondary N) is 1. The van der Waals surface area contributed by atoms with E-state index >= 15 is 0 Å². The number of anilines is 2. The van der Waals surface area contributed by atoms with Gasteiger partial charge in [0, 0.05) is 12.2 Å². The van der Waals surface area contributed by atoms with Gasteiger partial charge in [0.1, 0.15) is 29.3 Å². The first-order valence-corrected chi connectivity index (χ1v) is 9.01. The van der Waals surface area contributed by atoms with E-state index < -0.39 is 5.82 Å². The maximum Gasteiger partial charge on any atom is 0.317 e. The number of likely N-dealkylation sites (N-methyl/N-ethyl adjacent to an activating group) is 1. The summed E-state index contributed by atoms with van der Waals surface area (Å²) in [4.78, 5) is 19.4. The molecule has 9 heteroatoms. The lowest BCUT2D eigenvalue weighted by atomic mass is 10.1. The van der Waals surface area contributed by atoms with Crippen molar-refractivity contribution in [2.45, 2.75) is 18.9 Å². The zero-order valence-electron chi connectivity index (χ0n) is 14.7. The summed E-state index contributed by atoms with van der Waals surface area (Å²) in [5.41, 5.74) is 1.69. The fraction of sp³-hybridized carbons (Fsp3) is 0.333. The van der Waals surface area contributed by atoms with Gasteiger partial charge in [-0.25, -0.2) is 19.3 Å². The molecule has 0 spiro atoms. The van der Waals surface area contributed by atoms with E-state index in [0.717, 1.165) is 25.9 Å². The number of aromatic nitrogens is 4. The van der Waals surface area contributed by atoms with Crippen LogP contribution in [0.25, 0.3) is 11.0 Å². The Labute approximate surface area is 160 Å². The van der Waals surface area contributed by atoms with E-state index in [9.17, 15) is 4.39 Å². The van der Waals surface area contributed by atoms with Crippen LogP contribution in [-0.2, 0) is 0 Å². The number of benzene rings is 1. The first kappa shape index (κ1) is 17.8. The Hall–Kier alpha value is -2.58. The maximum atomic E-state index is 13.4. The first-order chi connectivity index (χ1) is 13.1. The molecular formula is C18H18ClFN6O. The summed E-state index contributed by atoms with van der Waals surface area (Å²) < 4.78 is 19.3. The molecule has 7 nitrogen and oxygen atoms in total. The molecule has 1 fully saturated rings. The van der Waals surface area contributed by atoms with Crippen LogP contribution >= 0.6 is 11.6 Å². The highest BCUT2D eigenvalue weighted by Crippen LogP contribution is 2.26. The number of piperidine rings is 1. The van der Waals surface area contributed by atoms with Crippen LogP contribution in [0.5, 0.6) is 6.01 Å². The Morgan fingerprint density at radius 2 is 2.19 bits per heavy atom. The van der Waals surface area contributed by atoms with Crippen LogP contribution in [0.3, 0.4) is 0 Å². The molecular weight excluding hydrogens is 371 g/mol. The van der Waals surface area contributed by atoms with Crippen molar-refractivity contribution in [3.63, 3.8) is 0 Å². The average molecular weight is 389 g/mol. The number of fused-ring (bicyclic) bond motifs is 1. The molecule has 1 aromatic carbocycles. The number of nitrogens with zero attached hydrogens (tertiary/aromatic N) is 5. The molecule has 0 radical (unpaired) electrons. The fourth-order valence-electron chi connectivity index (χ4n) is 3.06. The summed E-state index contributed by atoms with van der Waals surface area (Å²) in [6.45, 7) is 1.91. The summed E-state index contributed by atoms with van der Waals surface area (Å²) in [5, 5.41) is 3.12. The van der Waals surface area contributed by atoms with Gasteiger partial charge >= 0.3 is 6.01 Å². The van der Waals surface area contributed by atoms with Gasteiger partial charge in [-0.05, 0) is 44.6 Å². The van der Waals surface area contributed by atoms with Crippen molar-refractivity contribution in [1.82, 2.24) is 24.8 Å². The lowest BCUT2D eigenvalue weighted by Crippen LogP contribution is -2.38. The average Bonchev–Trinajstić information content (AvgIpc) is 2.65. The second-order valence-electron chi connectivity index (χ2n) is 6.51. The zero-order valence-corrected chi connectivity index (χ0v) is 15.4. The Morgan fingerprint density at radius 3 is 3.00 bits per heavy atom.